The van der Waals surface area contributed by atoms with Gasteiger partial charge in [0.1, 0.15) is 5.75 Å². The van der Waals surface area contributed by atoms with E-state index in [4.69, 9.17) is 16.5 Å². The molecular weight excluding hydrogens is 445 g/mol. The van der Waals surface area contributed by atoms with E-state index in [1.807, 2.05) is 24.3 Å². The van der Waals surface area contributed by atoms with Gasteiger partial charge < -0.3 is 9.42 Å². The lowest BCUT2D eigenvalue weighted by Gasteiger charge is -2.14. The maximum Gasteiger partial charge on any atom is 0.442 e. The van der Waals surface area contributed by atoms with Gasteiger partial charge in [0.2, 0.25) is 0 Å². The predicted molar refractivity (Wildman–Crippen MR) is 97.1 cm³/mol. The second kappa shape index (κ2) is 8.68. The maximum atomic E-state index is 12.4. The molecule has 0 aliphatic rings. The van der Waals surface area contributed by atoms with Crippen LogP contribution in [0, 0.1) is 0 Å². The summed E-state index contributed by atoms with van der Waals surface area (Å²) in [7, 11) is -4.97. The van der Waals surface area contributed by atoms with Crippen molar-refractivity contribution in [2.75, 3.05) is 0 Å². The van der Waals surface area contributed by atoms with Gasteiger partial charge in [-0.25, -0.2) is 4.57 Å². The Morgan fingerprint density at radius 1 is 1.17 bits per heavy atom. The van der Waals surface area contributed by atoms with Crippen LogP contribution in [0.15, 0.2) is 46.9 Å². The van der Waals surface area contributed by atoms with Gasteiger partial charge in [-0.2, -0.15) is 20.5 Å². The first-order chi connectivity index (χ1) is 11.3. The van der Waals surface area contributed by atoms with E-state index in [2.05, 4.69) is 20.5 Å². The molecule has 0 aromatic heterocycles. The van der Waals surface area contributed by atoms with Crippen molar-refractivity contribution in [3.63, 3.8) is 0 Å². The van der Waals surface area contributed by atoms with Gasteiger partial charge in [-0.05, 0) is 51.3 Å². The van der Waals surface area contributed by atoms with E-state index in [-0.39, 0.29) is 5.75 Å². The Hall–Kier alpha value is -0.590. The van der Waals surface area contributed by atoms with E-state index in [1.165, 1.54) is 6.07 Å². The van der Waals surface area contributed by atoms with E-state index in [0.29, 0.717) is 15.2 Å². The van der Waals surface area contributed by atoms with Gasteiger partial charge >= 0.3 is 13.8 Å². The highest BCUT2D eigenvalue weighted by Crippen LogP contribution is 2.50. The fraction of sp³-hybridized carbons (Fsp3) is 0.200. The summed E-state index contributed by atoms with van der Waals surface area (Å²) in [6.45, 7) is 0. The highest BCUT2D eigenvalue weighted by Gasteiger charge is 2.34. The second-order valence-electron chi connectivity index (χ2n) is 4.82. The zero-order valence-electron chi connectivity index (χ0n) is 12.2. The Morgan fingerprint density at radius 3 is 2.33 bits per heavy atom. The minimum Gasteiger partial charge on any atom is -0.420 e. The molecule has 1 N–H and O–H groups in total. The van der Waals surface area contributed by atoms with Crippen molar-refractivity contribution in [3.8, 4) is 5.75 Å². The second-order valence-corrected chi connectivity index (χ2v) is 8.79. The van der Waals surface area contributed by atoms with Crippen LogP contribution in [0.3, 0.4) is 0 Å². The molecule has 0 bridgehead atoms. The van der Waals surface area contributed by atoms with Crippen molar-refractivity contribution in [2.45, 2.75) is 17.7 Å². The summed E-state index contributed by atoms with van der Waals surface area (Å²) in [6, 6.07) is 12.3. The lowest BCUT2D eigenvalue weighted by Crippen LogP contribution is -2.01. The Kier molecular flexibility index (Phi) is 7.13. The van der Waals surface area contributed by atoms with Crippen molar-refractivity contribution in [1.82, 2.24) is 0 Å². The third-order valence-electron chi connectivity index (χ3n) is 2.92. The molecule has 0 fully saturated rings. The van der Waals surface area contributed by atoms with Gasteiger partial charge in [-0.1, -0.05) is 29.8 Å². The van der Waals surface area contributed by atoms with Crippen LogP contribution < -0.4 is 4.52 Å². The number of halogens is 4. The summed E-state index contributed by atoms with van der Waals surface area (Å²) in [5.41, 5.74) is 2.07. The third-order valence-corrected chi connectivity index (χ3v) is 5.82. The summed E-state index contributed by atoms with van der Waals surface area (Å²) < 4.78 is 40.9. The molecule has 0 spiro atoms. The van der Waals surface area contributed by atoms with E-state index in [1.54, 1.807) is 23.9 Å². The van der Waals surface area contributed by atoms with Crippen molar-refractivity contribution in [3.05, 3.63) is 63.1 Å². The number of thioether (sulfide) groups is 1. The Morgan fingerprint density at radius 2 is 1.75 bits per heavy atom. The van der Waals surface area contributed by atoms with Gasteiger partial charge in [0.15, 0.2) is 0 Å². The SMILES string of the molecule is O=P(O)(Oc1ccc(CSCc2ccc(Cl)cc2)cc1Br)C(F)F. The molecule has 9 heteroatoms. The van der Waals surface area contributed by atoms with E-state index in [9.17, 15) is 13.3 Å². The topological polar surface area (TPSA) is 46.5 Å². The largest absolute Gasteiger partial charge is 0.442 e. The molecule has 0 heterocycles. The molecule has 0 aliphatic heterocycles. The van der Waals surface area contributed by atoms with Crippen LogP contribution in [-0.4, -0.2) is 11.1 Å². The lowest BCUT2D eigenvalue weighted by atomic mass is 10.2. The minimum absolute atomic E-state index is 0.0902. The molecule has 0 saturated carbocycles. The van der Waals surface area contributed by atoms with Crippen LogP contribution in [0.4, 0.5) is 8.78 Å². The van der Waals surface area contributed by atoms with Crippen LogP contribution >= 0.6 is 46.9 Å². The summed E-state index contributed by atoms with van der Waals surface area (Å²) in [4.78, 5) is 9.07. The molecule has 2 aromatic rings. The van der Waals surface area contributed by atoms with Crippen molar-refractivity contribution in [1.29, 1.82) is 0 Å². The first-order valence-electron chi connectivity index (χ1n) is 6.69. The Balaban J connectivity index is 1.94. The Labute approximate surface area is 156 Å². The summed E-state index contributed by atoms with van der Waals surface area (Å²) in [6.07, 6.45) is -3.45. The average Bonchev–Trinajstić information content (AvgIpc) is 2.51. The van der Waals surface area contributed by atoms with Gasteiger partial charge in [-0.15, -0.1) is 0 Å². The minimum atomic E-state index is -4.97. The van der Waals surface area contributed by atoms with E-state index in [0.717, 1.165) is 16.9 Å². The highest BCUT2D eigenvalue weighted by molar-refractivity contribution is 9.10. The van der Waals surface area contributed by atoms with Crippen LogP contribution in [0.1, 0.15) is 11.1 Å². The van der Waals surface area contributed by atoms with Crippen molar-refractivity contribution < 1.29 is 22.8 Å². The van der Waals surface area contributed by atoms with Gasteiger partial charge in [0.25, 0.3) is 0 Å². The van der Waals surface area contributed by atoms with Gasteiger partial charge in [0, 0.05) is 16.5 Å². The molecule has 0 amide bonds. The number of rotatable bonds is 7. The zero-order valence-corrected chi connectivity index (χ0v) is 16.2. The van der Waals surface area contributed by atoms with Crippen LogP contribution in [-0.2, 0) is 16.1 Å². The molecule has 0 aliphatic carbocycles. The lowest BCUT2D eigenvalue weighted by molar-refractivity contribution is 0.188. The fourth-order valence-corrected chi connectivity index (χ4v) is 3.98. The van der Waals surface area contributed by atoms with Crippen molar-refractivity contribution in [2.24, 2.45) is 0 Å². The van der Waals surface area contributed by atoms with E-state index >= 15 is 0 Å². The smallest absolute Gasteiger partial charge is 0.420 e. The molecule has 3 nitrogen and oxygen atoms in total. The zero-order chi connectivity index (χ0) is 17.7. The summed E-state index contributed by atoms with van der Waals surface area (Å²) in [5, 5.41) is 0.688. The number of benzene rings is 2. The number of alkyl halides is 2. The maximum absolute atomic E-state index is 12.4. The number of hydrogen-bond acceptors (Lipinski definition) is 3. The highest BCUT2D eigenvalue weighted by atomic mass is 79.9. The Bertz CT molecular complexity index is 746. The van der Waals surface area contributed by atoms with Gasteiger partial charge in [0.05, 0.1) is 4.47 Å². The van der Waals surface area contributed by atoms with E-state index < -0.39 is 13.8 Å². The quantitative estimate of drug-likeness (QED) is 0.494. The monoisotopic (exact) mass is 456 g/mol. The standard InChI is InChI=1S/C15H13BrClF2O3PS/c16-13-7-11(3-6-14(13)22-23(20,21)15(18)19)9-24-8-10-1-4-12(17)5-2-10/h1-7,15H,8-9H2,(H,20,21). The molecule has 1 atom stereocenters. The average molecular weight is 458 g/mol. The predicted octanol–water partition coefficient (Wildman–Crippen LogP) is 6.32. The molecule has 1 unspecified atom stereocenters. The summed E-state index contributed by atoms with van der Waals surface area (Å²) >= 11 is 10.7. The molecule has 24 heavy (non-hydrogen) atoms. The third kappa shape index (κ3) is 5.74. The molecule has 130 valence electrons. The first kappa shape index (κ1) is 19.7. The molecule has 0 radical (unpaired) electrons. The molecule has 2 aromatic carbocycles. The first-order valence-corrected chi connectivity index (χ1v) is 10.7. The van der Waals surface area contributed by atoms with Crippen molar-refractivity contribution >= 4 is 46.9 Å². The normalized spacial score (nSPS) is 13.8. The van der Waals surface area contributed by atoms with Crippen LogP contribution in [0.5, 0.6) is 5.75 Å². The van der Waals surface area contributed by atoms with Crippen LogP contribution in [0.25, 0.3) is 0 Å². The summed E-state index contributed by atoms with van der Waals surface area (Å²) in [5.74, 6) is 1.39. The fourth-order valence-electron chi connectivity index (χ4n) is 1.76. The molecular formula is C15H13BrClF2O3PS. The van der Waals surface area contributed by atoms with Crippen LogP contribution in [0.2, 0.25) is 5.02 Å². The number of hydrogen-bond donors (Lipinski definition) is 1. The molecule has 2 rings (SSSR count). The molecule has 0 saturated heterocycles. The van der Waals surface area contributed by atoms with Gasteiger partial charge in [-0.3, -0.25) is 0 Å².